The Bertz CT molecular complexity index is 719. The third-order valence-corrected chi connectivity index (χ3v) is 5.93. The van der Waals surface area contributed by atoms with E-state index in [1.54, 1.807) is 12.1 Å². The second-order valence-corrected chi connectivity index (χ2v) is 7.59. The number of nitrogens with one attached hydrogen (secondary N) is 2. The molecule has 0 spiro atoms. The average molecular weight is 466 g/mol. The number of halogens is 3. The van der Waals surface area contributed by atoms with E-state index in [9.17, 15) is 14.0 Å². The number of hydrogen-bond donors (Lipinski definition) is 2. The molecular weight excluding hydrogens is 455 g/mol. The third kappa shape index (κ3) is 4.76. The zero-order valence-electron chi connectivity index (χ0n) is 11.7. The van der Waals surface area contributed by atoms with Crippen LogP contribution >= 0.6 is 43.2 Å². The Labute approximate surface area is 152 Å². The van der Waals surface area contributed by atoms with Crippen molar-refractivity contribution in [3.63, 3.8) is 0 Å². The molecule has 0 aliphatic carbocycles. The number of thiophene rings is 1. The minimum atomic E-state index is -0.978. The fourth-order valence-corrected chi connectivity index (χ4v) is 3.46. The maximum absolute atomic E-state index is 13.5. The molecule has 0 radical (unpaired) electrons. The van der Waals surface area contributed by atoms with Gasteiger partial charge in [0, 0.05) is 4.47 Å². The van der Waals surface area contributed by atoms with Crippen LogP contribution in [0.15, 0.2) is 38.6 Å². The van der Waals surface area contributed by atoms with E-state index in [1.807, 2.05) is 0 Å². The average Bonchev–Trinajstić information content (AvgIpc) is 2.86. The molecule has 2 amide bonds. The van der Waals surface area contributed by atoms with Crippen molar-refractivity contribution < 1.29 is 18.7 Å². The van der Waals surface area contributed by atoms with Gasteiger partial charge in [-0.05, 0) is 57.0 Å². The Morgan fingerprint density at radius 3 is 2.57 bits per heavy atom. The standard InChI is InChI=1S/C14H11Br2FN2O3S/c1-7(22-10-5-3-2-4-9(10)17)13(20)18-19-14(21)11-6-8(15)12(16)23-11/h2-7H,1H3,(H,18,20)(H,19,21)/t7-/m0/s1. The van der Waals surface area contributed by atoms with Crippen molar-refractivity contribution in [3.8, 4) is 5.75 Å². The molecule has 1 aromatic carbocycles. The summed E-state index contributed by atoms with van der Waals surface area (Å²) in [5.41, 5.74) is 4.52. The molecule has 9 heteroatoms. The predicted molar refractivity (Wildman–Crippen MR) is 91.8 cm³/mol. The largest absolute Gasteiger partial charge is 0.478 e. The lowest BCUT2D eigenvalue weighted by atomic mass is 10.3. The molecule has 0 bridgehead atoms. The van der Waals surface area contributed by atoms with Gasteiger partial charge in [-0.15, -0.1) is 11.3 Å². The molecule has 23 heavy (non-hydrogen) atoms. The summed E-state index contributed by atoms with van der Waals surface area (Å²) < 4.78 is 20.2. The van der Waals surface area contributed by atoms with Crippen LogP contribution in [0.2, 0.25) is 0 Å². The molecule has 0 aliphatic rings. The highest BCUT2D eigenvalue weighted by atomic mass is 79.9. The molecule has 0 saturated carbocycles. The number of rotatable bonds is 4. The number of hydrazine groups is 1. The van der Waals surface area contributed by atoms with E-state index < -0.39 is 23.7 Å². The Morgan fingerprint density at radius 2 is 1.96 bits per heavy atom. The van der Waals surface area contributed by atoms with Crippen molar-refractivity contribution in [2.24, 2.45) is 0 Å². The Kier molecular flexibility index (Phi) is 6.14. The molecule has 1 aromatic heterocycles. The number of carbonyl (C=O) groups excluding carboxylic acids is 2. The number of para-hydroxylation sites is 1. The SMILES string of the molecule is C[C@H](Oc1ccccc1F)C(=O)NNC(=O)c1cc(Br)c(Br)s1. The van der Waals surface area contributed by atoms with Gasteiger partial charge in [-0.2, -0.15) is 0 Å². The van der Waals surface area contributed by atoms with Crippen LogP contribution in [0.4, 0.5) is 4.39 Å². The first kappa shape index (κ1) is 17.9. The molecule has 0 fully saturated rings. The number of ether oxygens (including phenoxy) is 1. The van der Waals surface area contributed by atoms with Crippen LogP contribution in [-0.4, -0.2) is 17.9 Å². The minimum Gasteiger partial charge on any atom is -0.478 e. The van der Waals surface area contributed by atoms with Crippen LogP contribution in [-0.2, 0) is 4.79 Å². The number of hydrogen-bond acceptors (Lipinski definition) is 4. The van der Waals surface area contributed by atoms with Gasteiger partial charge < -0.3 is 4.74 Å². The van der Waals surface area contributed by atoms with Crippen molar-refractivity contribution in [1.29, 1.82) is 0 Å². The second-order valence-electron chi connectivity index (χ2n) is 4.37. The van der Waals surface area contributed by atoms with Gasteiger partial charge >= 0.3 is 0 Å². The summed E-state index contributed by atoms with van der Waals surface area (Å²) >= 11 is 7.77. The number of benzene rings is 1. The zero-order valence-corrected chi connectivity index (χ0v) is 15.7. The lowest BCUT2D eigenvalue weighted by Crippen LogP contribution is -2.47. The summed E-state index contributed by atoms with van der Waals surface area (Å²) in [6.45, 7) is 1.45. The molecule has 2 aromatic rings. The van der Waals surface area contributed by atoms with E-state index in [0.717, 1.165) is 8.26 Å². The predicted octanol–water partition coefficient (Wildman–Crippen LogP) is 3.64. The molecule has 2 N–H and O–H groups in total. The third-order valence-electron chi connectivity index (χ3n) is 2.68. The first-order chi connectivity index (χ1) is 10.9. The Hall–Kier alpha value is -1.45. The summed E-state index contributed by atoms with van der Waals surface area (Å²) in [6, 6.07) is 7.38. The Morgan fingerprint density at radius 1 is 1.26 bits per heavy atom. The van der Waals surface area contributed by atoms with Gasteiger partial charge in [0.05, 0.1) is 8.66 Å². The summed E-state index contributed by atoms with van der Waals surface area (Å²) in [7, 11) is 0. The zero-order chi connectivity index (χ0) is 17.0. The molecular formula is C14H11Br2FN2O3S. The van der Waals surface area contributed by atoms with Crippen LogP contribution in [0, 0.1) is 5.82 Å². The normalized spacial score (nSPS) is 11.7. The lowest BCUT2D eigenvalue weighted by molar-refractivity contribution is -0.128. The topological polar surface area (TPSA) is 67.4 Å². The van der Waals surface area contributed by atoms with E-state index in [2.05, 4.69) is 42.7 Å². The summed E-state index contributed by atoms with van der Waals surface area (Å²) in [6.07, 6.45) is -0.978. The van der Waals surface area contributed by atoms with Gasteiger partial charge in [0.25, 0.3) is 11.8 Å². The van der Waals surface area contributed by atoms with Gasteiger partial charge in [0.1, 0.15) is 0 Å². The van der Waals surface area contributed by atoms with Crippen molar-refractivity contribution in [2.75, 3.05) is 0 Å². The monoisotopic (exact) mass is 464 g/mol. The first-order valence-corrected chi connectivity index (χ1v) is 8.75. The van der Waals surface area contributed by atoms with Crippen LogP contribution in [0.25, 0.3) is 0 Å². The summed E-state index contributed by atoms with van der Waals surface area (Å²) in [5, 5.41) is 0. The fourth-order valence-electron chi connectivity index (χ4n) is 1.52. The molecule has 122 valence electrons. The van der Waals surface area contributed by atoms with E-state index in [1.165, 1.54) is 36.5 Å². The lowest BCUT2D eigenvalue weighted by Gasteiger charge is -2.15. The van der Waals surface area contributed by atoms with Crippen LogP contribution in [0.3, 0.4) is 0 Å². The Balaban J connectivity index is 1.89. The summed E-state index contributed by atoms with van der Waals surface area (Å²) in [4.78, 5) is 24.2. The van der Waals surface area contributed by atoms with Crippen LogP contribution in [0.5, 0.6) is 5.75 Å². The van der Waals surface area contributed by atoms with E-state index in [-0.39, 0.29) is 5.75 Å². The highest BCUT2D eigenvalue weighted by Gasteiger charge is 2.18. The van der Waals surface area contributed by atoms with Gasteiger partial charge in [-0.1, -0.05) is 12.1 Å². The van der Waals surface area contributed by atoms with Gasteiger partial charge in [0.15, 0.2) is 17.7 Å². The molecule has 1 heterocycles. The number of carbonyl (C=O) groups is 2. The first-order valence-electron chi connectivity index (χ1n) is 6.34. The maximum Gasteiger partial charge on any atom is 0.279 e. The number of amides is 2. The van der Waals surface area contributed by atoms with Crippen LogP contribution in [0.1, 0.15) is 16.6 Å². The molecule has 2 rings (SSSR count). The highest BCUT2D eigenvalue weighted by molar-refractivity contribution is 9.13. The maximum atomic E-state index is 13.5. The second kappa shape index (κ2) is 7.89. The highest BCUT2D eigenvalue weighted by Crippen LogP contribution is 2.32. The van der Waals surface area contributed by atoms with E-state index >= 15 is 0 Å². The van der Waals surface area contributed by atoms with Gasteiger partial charge in [-0.25, -0.2) is 4.39 Å². The quantitative estimate of drug-likeness (QED) is 0.677. The van der Waals surface area contributed by atoms with Crippen molar-refractivity contribution >= 4 is 55.0 Å². The van der Waals surface area contributed by atoms with Crippen molar-refractivity contribution in [2.45, 2.75) is 13.0 Å². The van der Waals surface area contributed by atoms with E-state index in [0.29, 0.717) is 4.88 Å². The minimum absolute atomic E-state index is 0.0346. The molecule has 1 atom stereocenters. The molecule has 5 nitrogen and oxygen atoms in total. The van der Waals surface area contributed by atoms with Crippen molar-refractivity contribution in [3.05, 3.63) is 49.3 Å². The molecule has 0 aliphatic heterocycles. The van der Waals surface area contributed by atoms with Gasteiger partial charge in [0.2, 0.25) is 0 Å². The van der Waals surface area contributed by atoms with Crippen molar-refractivity contribution in [1.82, 2.24) is 10.9 Å². The molecule has 0 saturated heterocycles. The van der Waals surface area contributed by atoms with Gasteiger partial charge in [-0.3, -0.25) is 20.4 Å². The fraction of sp³-hybridized carbons (Fsp3) is 0.143. The van der Waals surface area contributed by atoms with Crippen LogP contribution < -0.4 is 15.6 Å². The van der Waals surface area contributed by atoms with E-state index in [4.69, 9.17) is 4.74 Å². The molecule has 0 unspecified atom stereocenters. The smallest absolute Gasteiger partial charge is 0.279 e. The summed E-state index contributed by atoms with van der Waals surface area (Å²) in [5.74, 6) is -1.67.